The van der Waals surface area contributed by atoms with Crippen LogP contribution < -0.4 is 4.90 Å². The van der Waals surface area contributed by atoms with Gasteiger partial charge in [-0.15, -0.1) is 0 Å². The molecule has 62 heavy (non-hydrogen) atoms. The lowest BCUT2D eigenvalue weighted by Crippen LogP contribution is -2.43. The van der Waals surface area contributed by atoms with Crippen LogP contribution in [0, 0.1) is 23.7 Å². The summed E-state index contributed by atoms with van der Waals surface area (Å²) >= 11 is 0. The molecule has 8 aromatic rings. The number of fused-ring (bicyclic) bond motifs is 3. The lowest BCUT2D eigenvalue weighted by molar-refractivity contribution is -0.00277. The van der Waals surface area contributed by atoms with E-state index in [0.717, 1.165) is 23.7 Å². The number of anilines is 3. The molecule has 1 heteroatoms. The van der Waals surface area contributed by atoms with Crippen molar-refractivity contribution in [2.24, 2.45) is 23.7 Å². The highest BCUT2D eigenvalue weighted by molar-refractivity contribution is 6.00. The molecule has 0 saturated heterocycles. The van der Waals surface area contributed by atoms with Crippen LogP contribution in [0.4, 0.5) is 17.1 Å². The van der Waals surface area contributed by atoms with E-state index in [4.69, 9.17) is 0 Å². The first-order valence-corrected chi connectivity index (χ1v) is 23.1. The van der Waals surface area contributed by atoms with Gasteiger partial charge in [0.25, 0.3) is 0 Å². The topological polar surface area (TPSA) is 3.24 Å². The van der Waals surface area contributed by atoms with Crippen LogP contribution in [-0.2, 0) is 5.41 Å². The molecule has 8 aromatic carbocycles. The Balaban J connectivity index is 1.08. The first kappa shape index (κ1) is 37.3. The van der Waals surface area contributed by atoms with E-state index in [2.05, 4.69) is 213 Å². The van der Waals surface area contributed by atoms with Gasteiger partial charge in [0.05, 0.1) is 11.4 Å². The lowest BCUT2D eigenvalue weighted by Gasteiger charge is -2.54. The van der Waals surface area contributed by atoms with Crippen molar-refractivity contribution in [3.05, 3.63) is 211 Å². The second kappa shape index (κ2) is 14.9. The molecule has 4 saturated carbocycles. The first-order chi connectivity index (χ1) is 30.5. The lowest BCUT2D eigenvalue weighted by atomic mass is 9.51. The summed E-state index contributed by atoms with van der Waals surface area (Å²) < 4.78 is 0. The van der Waals surface area contributed by atoms with Gasteiger partial charge in [0.15, 0.2) is 0 Å². The van der Waals surface area contributed by atoms with Crippen molar-refractivity contribution in [2.75, 3.05) is 4.90 Å². The quantitative estimate of drug-likeness (QED) is 0.148. The molecule has 1 nitrogen and oxygen atoms in total. The average molecular weight is 800 g/mol. The largest absolute Gasteiger partial charge is 0.309 e. The summed E-state index contributed by atoms with van der Waals surface area (Å²) in [5, 5.41) is 0. The van der Waals surface area contributed by atoms with Crippen molar-refractivity contribution in [1.82, 2.24) is 0 Å². The van der Waals surface area contributed by atoms with Gasteiger partial charge in [-0.2, -0.15) is 0 Å². The van der Waals surface area contributed by atoms with Crippen LogP contribution >= 0.6 is 0 Å². The Kier molecular flexibility index (Phi) is 8.96. The molecule has 0 aromatic heterocycles. The third-order valence-corrected chi connectivity index (χ3v) is 15.5. The molecule has 4 fully saturated rings. The molecule has 0 heterocycles. The second-order valence-electron chi connectivity index (χ2n) is 19.3. The summed E-state index contributed by atoms with van der Waals surface area (Å²) in [4.78, 5) is 2.59. The van der Waals surface area contributed by atoms with Gasteiger partial charge in [0, 0.05) is 22.2 Å². The molecule has 13 rings (SSSR count). The third kappa shape index (κ3) is 6.11. The molecule has 0 radical (unpaired) electrons. The van der Waals surface area contributed by atoms with Crippen LogP contribution in [0.5, 0.6) is 0 Å². The van der Waals surface area contributed by atoms with E-state index in [0.29, 0.717) is 5.92 Å². The Morgan fingerprint density at radius 1 is 0.371 bits per heavy atom. The summed E-state index contributed by atoms with van der Waals surface area (Å²) in [6, 6.07) is 73.0. The van der Waals surface area contributed by atoms with Gasteiger partial charge in [-0.1, -0.05) is 178 Å². The number of para-hydroxylation sites is 1. The van der Waals surface area contributed by atoms with Gasteiger partial charge in [-0.05, 0) is 153 Å². The number of hydrogen-bond donors (Lipinski definition) is 0. The first-order valence-electron chi connectivity index (χ1n) is 23.1. The van der Waals surface area contributed by atoms with Gasteiger partial charge < -0.3 is 4.90 Å². The maximum atomic E-state index is 2.59. The van der Waals surface area contributed by atoms with Gasteiger partial charge >= 0.3 is 0 Å². The molecule has 302 valence electrons. The van der Waals surface area contributed by atoms with Gasteiger partial charge in [-0.3, -0.25) is 0 Å². The van der Waals surface area contributed by atoms with Crippen molar-refractivity contribution < 1.29 is 0 Å². The average Bonchev–Trinajstić information content (AvgIpc) is 3.54. The third-order valence-electron chi connectivity index (χ3n) is 15.5. The van der Waals surface area contributed by atoms with Crippen molar-refractivity contribution in [2.45, 2.75) is 57.3 Å². The van der Waals surface area contributed by atoms with Crippen LogP contribution in [0.1, 0.15) is 68.6 Å². The summed E-state index contributed by atoms with van der Waals surface area (Å²) in [5.74, 6) is 4.31. The molecule has 5 aliphatic rings. The zero-order chi connectivity index (χ0) is 41.4. The molecule has 0 spiro atoms. The normalized spacial score (nSPS) is 21.4. The van der Waals surface area contributed by atoms with Gasteiger partial charge in [0.1, 0.15) is 0 Å². The molecule has 0 aliphatic heterocycles. The summed E-state index contributed by atoms with van der Waals surface area (Å²) in [6.07, 6.45) is 7.21. The molecule has 0 N–H and O–H groups in total. The number of rotatable bonds is 8. The zero-order valence-electron chi connectivity index (χ0n) is 35.8. The molecule has 0 amide bonds. The van der Waals surface area contributed by atoms with Gasteiger partial charge in [-0.25, -0.2) is 0 Å². The van der Waals surface area contributed by atoms with Crippen LogP contribution in [0.15, 0.2) is 194 Å². The second-order valence-corrected chi connectivity index (χ2v) is 19.3. The van der Waals surface area contributed by atoms with Crippen LogP contribution in [-0.4, -0.2) is 0 Å². The van der Waals surface area contributed by atoms with Crippen LogP contribution in [0.2, 0.25) is 0 Å². The summed E-state index contributed by atoms with van der Waals surface area (Å²) in [6.45, 7) is 4.81. The molecule has 0 unspecified atom stereocenters. The fraction of sp³-hybridized carbons (Fsp3) is 0.213. The van der Waals surface area contributed by atoms with E-state index in [-0.39, 0.29) is 5.41 Å². The van der Waals surface area contributed by atoms with Crippen molar-refractivity contribution in [3.8, 4) is 55.6 Å². The number of benzene rings is 8. The van der Waals surface area contributed by atoms with E-state index in [1.165, 1.54) is 116 Å². The summed E-state index contributed by atoms with van der Waals surface area (Å²) in [7, 11) is 0. The predicted octanol–water partition coefficient (Wildman–Crippen LogP) is 16.7. The molecular weight excluding hydrogens is 747 g/mol. The minimum Gasteiger partial charge on any atom is -0.309 e. The highest BCUT2D eigenvalue weighted by atomic mass is 15.1. The molecular formula is C61H53N. The SMILES string of the molecule is CC1(C)c2ccccc2-c2cc(-c3ccccc3)c(N(c3ccc(C4C5CC6CC(C5)CC4C6)cc3)c3ccccc3-c3ccccc3-c3ccccc3-c3ccccc3)cc21. The molecule has 0 atom stereocenters. The van der Waals surface area contributed by atoms with E-state index < -0.39 is 0 Å². The highest BCUT2D eigenvalue weighted by Crippen LogP contribution is 2.60. The Labute approximate surface area is 367 Å². The monoisotopic (exact) mass is 799 g/mol. The predicted molar refractivity (Wildman–Crippen MR) is 260 cm³/mol. The Hall–Kier alpha value is -6.44. The minimum absolute atomic E-state index is 0.155. The standard InChI is InChI=1S/C61H53N/c1-61(2)56-27-15-13-25-52(56)55-38-54(43-19-7-4-8-20-43)59(39-57(55)61)62(47-31-29-44(30-32-47)60-45-34-40-33-41(36-45)37-46(60)35-40)58-28-16-14-26-53(58)51-24-12-11-23-50(51)49-22-10-9-21-48(49)42-17-5-3-6-18-42/h3-32,38-41,45-46,60H,33-37H2,1-2H3. The Morgan fingerprint density at radius 3 is 1.48 bits per heavy atom. The van der Waals surface area contributed by atoms with Gasteiger partial charge in [0.2, 0.25) is 0 Å². The van der Waals surface area contributed by atoms with E-state index in [9.17, 15) is 0 Å². The van der Waals surface area contributed by atoms with Crippen molar-refractivity contribution in [1.29, 1.82) is 0 Å². The Morgan fingerprint density at radius 2 is 0.855 bits per heavy atom. The summed E-state index contributed by atoms with van der Waals surface area (Å²) in [5.41, 5.74) is 20.2. The van der Waals surface area contributed by atoms with E-state index in [1.54, 1.807) is 5.56 Å². The van der Waals surface area contributed by atoms with E-state index in [1.807, 2.05) is 0 Å². The highest BCUT2D eigenvalue weighted by Gasteiger charge is 2.48. The van der Waals surface area contributed by atoms with Crippen LogP contribution in [0.3, 0.4) is 0 Å². The zero-order valence-corrected chi connectivity index (χ0v) is 35.8. The maximum Gasteiger partial charge on any atom is 0.0543 e. The number of nitrogens with zero attached hydrogens (tertiary/aromatic N) is 1. The maximum absolute atomic E-state index is 2.59. The fourth-order valence-corrected chi connectivity index (χ4v) is 12.9. The fourth-order valence-electron chi connectivity index (χ4n) is 12.9. The minimum atomic E-state index is -0.155. The molecule has 5 aliphatic carbocycles. The van der Waals surface area contributed by atoms with E-state index >= 15 is 0 Å². The smallest absolute Gasteiger partial charge is 0.0543 e. The Bertz CT molecular complexity index is 2910. The van der Waals surface area contributed by atoms with Crippen molar-refractivity contribution in [3.63, 3.8) is 0 Å². The number of hydrogen-bond acceptors (Lipinski definition) is 1. The van der Waals surface area contributed by atoms with Crippen LogP contribution in [0.25, 0.3) is 55.6 Å². The molecule has 4 bridgehead atoms. The van der Waals surface area contributed by atoms with Crippen molar-refractivity contribution >= 4 is 17.1 Å².